The molecular formula is C20H25ClFN3O2. The third-order valence-electron chi connectivity index (χ3n) is 5.86. The van der Waals surface area contributed by atoms with Gasteiger partial charge in [0.15, 0.2) is 0 Å². The fourth-order valence-electron chi connectivity index (χ4n) is 4.14. The average Bonchev–Trinajstić information content (AvgIpc) is 3.44. The predicted octanol–water partition coefficient (Wildman–Crippen LogP) is 2.64. The van der Waals surface area contributed by atoms with E-state index in [0.717, 1.165) is 32.5 Å². The van der Waals surface area contributed by atoms with Crippen LogP contribution in [0.4, 0.5) is 4.39 Å². The summed E-state index contributed by atoms with van der Waals surface area (Å²) in [6, 6.07) is 3.81. The number of hydrogen-bond donors (Lipinski definition) is 0. The highest BCUT2D eigenvalue weighted by molar-refractivity contribution is 6.33. The Morgan fingerprint density at radius 1 is 1.11 bits per heavy atom. The van der Waals surface area contributed by atoms with Gasteiger partial charge in [0.05, 0.1) is 16.6 Å². The molecule has 3 fully saturated rings. The molecule has 4 rings (SSSR count). The van der Waals surface area contributed by atoms with Crippen molar-refractivity contribution in [3.05, 3.63) is 34.6 Å². The number of likely N-dealkylation sites (tertiary alicyclic amines) is 1. The van der Waals surface area contributed by atoms with Crippen LogP contribution in [-0.4, -0.2) is 71.8 Å². The first-order valence-electron chi connectivity index (χ1n) is 9.80. The number of hydrogen-bond acceptors (Lipinski definition) is 3. The minimum Gasteiger partial charge on any atom is -0.341 e. The molecule has 2 aliphatic heterocycles. The van der Waals surface area contributed by atoms with E-state index in [2.05, 4.69) is 4.90 Å². The highest BCUT2D eigenvalue weighted by Crippen LogP contribution is 2.32. The molecule has 0 spiro atoms. The summed E-state index contributed by atoms with van der Waals surface area (Å²) in [5, 5.41) is 0.268. The Balaban J connectivity index is 1.38. The lowest BCUT2D eigenvalue weighted by atomic mass is 10.2. The van der Waals surface area contributed by atoms with Gasteiger partial charge >= 0.3 is 0 Å². The Hall–Kier alpha value is -1.66. The highest BCUT2D eigenvalue weighted by Gasteiger charge is 2.38. The molecule has 27 heavy (non-hydrogen) atoms. The van der Waals surface area contributed by atoms with Crippen molar-refractivity contribution in [1.82, 2.24) is 14.7 Å². The average molecular weight is 394 g/mol. The second kappa shape index (κ2) is 7.76. The lowest BCUT2D eigenvalue weighted by Gasteiger charge is -2.26. The van der Waals surface area contributed by atoms with E-state index >= 15 is 0 Å². The molecule has 0 radical (unpaired) electrons. The van der Waals surface area contributed by atoms with E-state index in [9.17, 15) is 14.0 Å². The third kappa shape index (κ3) is 4.11. The molecule has 146 valence electrons. The summed E-state index contributed by atoms with van der Waals surface area (Å²) in [7, 11) is 0. The number of carbonyl (C=O) groups excluding carboxylic acids is 2. The molecule has 5 nitrogen and oxygen atoms in total. The lowest BCUT2D eigenvalue weighted by Crippen LogP contribution is -2.44. The second-order valence-electron chi connectivity index (χ2n) is 7.84. The smallest absolute Gasteiger partial charge is 0.255 e. The first-order chi connectivity index (χ1) is 13.0. The van der Waals surface area contributed by atoms with Crippen molar-refractivity contribution >= 4 is 23.4 Å². The first kappa shape index (κ1) is 18.7. The quantitative estimate of drug-likeness (QED) is 0.789. The van der Waals surface area contributed by atoms with Crippen LogP contribution in [0.5, 0.6) is 0 Å². The fraction of sp³-hybridized carbons (Fsp3) is 0.600. The number of nitrogens with zero attached hydrogens (tertiary/aromatic N) is 3. The number of benzene rings is 1. The number of amides is 2. The molecule has 1 atom stereocenters. The minimum atomic E-state index is -0.466. The number of rotatable bonds is 4. The van der Waals surface area contributed by atoms with E-state index in [1.165, 1.54) is 31.0 Å². The third-order valence-corrected chi connectivity index (χ3v) is 6.19. The standard InChI is InChI=1S/C20H25ClFN3O2/c21-17-5-4-15(22)12-16(17)19(26)24-8-1-7-23(10-11-24)18-6-9-25(20(18)27)13-14-2-3-14/h4-5,12,14,18H,1-3,6-11,13H2/t18-/m1/s1. The van der Waals surface area contributed by atoms with Crippen LogP contribution in [0.1, 0.15) is 36.0 Å². The van der Waals surface area contributed by atoms with E-state index in [4.69, 9.17) is 11.6 Å². The molecule has 0 unspecified atom stereocenters. The Morgan fingerprint density at radius 2 is 1.93 bits per heavy atom. The monoisotopic (exact) mass is 393 g/mol. The van der Waals surface area contributed by atoms with Crippen molar-refractivity contribution in [3.63, 3.8) is 0 Å². The van der Waals surface area contributed by atoms with Crippen molar-refractivity contribution in [3.8, 4) is 0 Å². The largest absolute Gasteiger partial charge is 0.341 e. The van der Waals surface area contributed by atoms with E-state index in [0.29, 0.717) is 25.6 Å². The van der Waals surface area contributed by atoms with Crippen molar-refractivity contribution < 1.29 is 14.0 Å². The van der Waals surface area contributed by atoms with Gasteiger partial charge in [-0.3, -0.25) is 14.5 Å². The van der Waals surface area contributed by atoms with Gasteiger partial charge in [0, 0.05) is 39.3 Å². The van der Waals surface area contributed by atoms with Gasteiger partial charge in [-0.05, 0) is 49.8 Å². The van der Waals surface area contributed by atoms with Gasteiger partial charge in [0.2, 0.25) is 5.91 Å². The first-order valence-corrected chi connectivity index (χ1v) is 10.2. The molecule has 2 amide bonds. The van der Waals surface area contributed by atoms with Crippen LogP contribution in [0.2, 0.25) is 5.02 Å². The zero-order valence-corrected chi connectivity index (χ0v) is 16.1. The normalized spacial score (nSPS) is 24.4. The van der Waals surface area contributed by atoms with Crippen LogP contribution in [0, 0.1) is 11.7 Å². The van der Waals surface area contributed by atoms with Crippen molar-refractivity contribution in [2.24, 2.45) is 5.92 Å². The number of carbonyl (C=O) groups is 2. The maximum absolute atomic E-state index is 13.5. The highest BCUT2D eigenvalue weighted by atomic mass is 35.5. The fourth-order valence-corrected chi connectivity index (χ4v) is 4.34. The van der Waals surface area contributed by atoms with Gasteiger partial charge in [-0.2, -0.15) is 0 Å². The summed E-state index contributed by atoms with van der Waals surface area (Å²) in [5.74, 6) is 0.247. The molecule has 1 aliphatic carbocycles. The second-order valence-corrected chi connectivity index (χ2v) is 8.25. The van der Waals surface area contributed by atoms with Gasteiger partial charge in [0.1, 0.15) is 5.82 Å². The van der Waals surface area contributed by atoms with E-state index in [1.54, 1.807) is 4.90 Å². The summed E-state index contributed by atoms with van der Waals surface area (Å²) in [6.07, 6.45) is 4.16. The van der Waals surface area contributed by atoms with Gasteiger partial charge in [-0.1, -0.05) is 11.6 Å². The van der Waals surface area contributed by atoms with Crippen molar-refractivity contribution in [2.75, 3.05) is 39.3 Å². The summed E-state index contributed by atoms with van der Waals surface area (Å²) in [5.41, 5.74) is 0.206. The zero-order valence-electron chi connectivity index (χ0n) is 15.4. The molecule has 0 bridgehead atoms. The summed E-state index contributed by atoms with van der Waals surface area (Å²) in [6.45, 7) is 4.33. The molecular weight excluding hydrogens is 369 g/mol. The van der Waals surface area contributed by atoms with Crippen molar-refractivity contribution in [2.45, 2.75) is 31.7 Å². The molecule has 1 saturated carbocycles. The molecule has 7 heteroatoms. The molecule has 1 aromatic rings. The maximum atomic E-state index is 13.5. The Kier molecular flexibility index (Phi) is 5.37. The summed E-state index contributed by atoms with van der Waals surface area (Å²) in [4.78, 5) is 31.5. The Bertz CT molecular complexity index is 740. The maximum Gasteiger partial charge on any atom is 0.255 e. The van der Waals surface area contributed by atoms with Gasteiger partial charge in [-0.15, -0.1) is 0 Å². The van der Waals surface area contributed by atoms with Crippen LogP contribution < -0.4 is 0 Å². The van der Waals surface area contributed by atoms with Crippen LogP contribution in [0.15, 0.2) is 18.2 Å². The van der Waals surface area contributed by atoms with E-state index < -0.39 is 5.82 Å². The van der Waals surface area contributed by atoms with Gasteiger partial charge in [0.25, 0.3) is 5.91 Å². The van der Waals surface area contributed by atoms with E-state index in [-0.39, 0.29) is 28.4 Å². The molecule has 3 aliphatic rings. The van der Waals surface area contributed by atoms with Crippen molar-refractivity contribution in [1.29, 1.82) is 0 Å². The predicted molar refractivity (Wildman–Crippen MR) is 101 cm³/mol. The SMILES string of the molecule is O=C(c1cc(F)ccc1Cl)N1CCCN([C@@H]2CCN(CC3CC3)C2=O)CC1. The molecule has 1 aromatic carbocycles. The molecule has 0 aromatic heterocycles. The minimum absolute atomic E-state index is 0.0587. The topological polar surface area (TPSA) is 43.9 Å². The zero-order chi connectivity index (χ0) is 19.0. The Labute approximate surface area is 164 Å². The van der Waals surface area contributed by atoms with Crippen LogP contribution in [0.3, 0.4) is 0 Å². The molecule has 2 heterocycles. The summed E-state index contributed by atoms with van der Waals surface area (Å²) >= 11 is 6.09. The lowest BCUT2D eigenvalue weighted by molar-refractivity contribution is -0.132. The molecule has 0 N–H and O–H groups in total. The number of halogens is 2. The van der Waals surface area contributed by atoms with Crippen LogP contribution in [-0.2, 0) is 4.79 Å². The van der Waals surface area contributed by atoms with E-state index in [1.807, 2.05) is 4.90 Å². The molecule has 2 saturated heterocycles. The van der Waals surface area contributed by atoms with Crippen LogP contribution >= 0.6 is 11.6 Å². The Morgan fingerprint density at radius 3 is 2.70 bits per heavy atom. The van der Waals surface area contributed by atoms with Gasteiger partial charge < -0.3 is 9.80 Å². The summed E-state index contributed by atoms with van der Waals surface area (Å²) < 4.78 is 13.5. The van der Waals surface area contributed by atoms with Gasteiger partial charge in [-0.25, -0.2) is 4.39 Å². The van der Waals surface area contributed by atoms with Crippen LogP contribution in [0.25, 0.3) is 0 Å².